The summed E-state index contributed by atoms with van der Waals surface area (Å²) in [6.07, 6.45) is -4.34. The Morgan fingerprint density at radius 1 is 1.00 bits per heavy atom. The summed E-state index contributed by atoms with van der Waals surface area (Å²) in [5.41, 5.74) is 0.557. The Hall–Kier alpha value is -2.37. The molecule has 0 saturated carbocycles. The van der Waals surface area contributed by atoms with Crippen LogP contribution in [0.2, 0.25) is 0 Å². The first-order valence-electron chi connectivity index (χ1n) is 6.56. The summed E-state index contributed by atoms with van der Waals surface area (Å²) in [7, 11) is 3.06. The van der Waals surface area contributed by atoms with Crippen LogP contribution in [-0.4, -0.2) is 14.2 Å². The van der Waals surface area contributed by atoms with Gasteiger partial charge >= 0.3 is 6.18 Å². The summed E-state index contributed by atoms with van der Waals surface area (Å²) in [5.74, 6) is 1.20. The van der Waals surface area contributed by atoms with E-state index in [4.69, 9.17) is 9.47 Å². The van der Waals surface area contributed by atoms with Crippen LogP contribution in [0.3, 0.4) is 0 Å². The summed E-state index contributed by atoms with van der Waals surface area (Å²) >= 11 is 0. The van der Waals surface area contributed by atoms with Gasteiger partial charge in [0.2, 0.25) is 0 Å². The molecule has 0 aliphatic carbocycles. The van der Waals surface area contributed by atoms with Crippen molar-refractivity contribution >= 4 is 5.69 Å². The van der Waals surface area contributed by atoms with Crippen molar-refractivity contribution in [3.63, 3.8) is 0 Å². The van der Waals surface area contributed by atoms with E-state index in [-0.39, 0.29) is 6.54 Å². The second-order valence-corrected chi connectivity index (χ2v) is 4.62. The maximum Gasteiger partial charge on any atom is 0.416 e. The van der Waals surface area contributed by atoms with Gasteiger partial charge < -0.3 is 14.8 Å². The van der Waals surface area contributed by atoms with E-state index >= 15 is 0 Å². The number of benzene rings is 2. The molecule has 0 aliphatic rings. The van der Waals surface area contributed by atoms with Crippen molar-refractivity contribution in [2.45, 2.75) is 12.7 Å². The molecular weight excluding hydrogens is 295 g/mol. The number of ether oxygens (including phenoxy) is 2. The summed E-state index contributed by atoms with van der Waals surface area (Å²) in [6, 6.07) is 10.4. The Kier molecular flexibility index (Phi) is 4.80. The van der Waals surface area contributed by atoms with Gasteiger partial charge in [-0.15, -0.1) is 0 Å². The lowest BCUT2D eigenvalue weighted by Crippen LogP contribution is -2.07. The van der Waals surface area contributed by atoms with Crippen molar-refractivity contribution in [2.24, 2.45) is 0 Å². The fraction of sp³-hybridized carbons (Fsp3) is 0.250. The van der Waals surface area contributed by atoms with Crippen LogP contribution < -0.4 is 14.8 Å². The molecule has 2 rings (SSSR count). The molecule has 0 fully saturated rings. The van der Waals surface area contributed by atoms with Crippen molar-refractivity contribution in [3.8, 4) is 11.5 Å². The van der Waals surface area contributed by atoms with Crippen LogP contribution >= 0.6 is 0 Å². The van der Waals surface area contributed by atoms with Crippen LogP contribution in [0.15, 0.2) is 42.5 Å². The van der Waals surface area contributed by atoms with Gasteiger partial charge in [0, 0.05) is 12.6 Å². The quantitative estimate of drug-likeness (QED) is 0.891. The molecule has 3 nitrogen and oxygen atoms in total. The predicted molar refractivity (Wildman–Crippen MR) is 78.3 cm³/mol. The van der Waals surface area contributed by atoms with Gasteiger partial charge in [-0.25, -0.2) is 0 Å². The first kappa shape index (κ1) is 16.0. The average molecular weight is 311 g/mol. The molecule has 0 unspecified atom stereocenters. The standard InChI is InChI=1S/C16H16F3NO2/c1-21-13-6-7-14(15(9-13)22-2)20-10-11-4-3-5-12(8-11)16(17,18)19/h3-9,20H,10H2,1-2H3. The van der Waals surface area contributed by atoms with Crippen LogP contribution in [0, 0.1) is 0 Å². The Labute approximate surface area is 126 Å². The molecule has 22 heavy (non-hydrogen) atoms. The number of rotatable bonds is 5. The normalized spacial score (nSPS) is 11.1. The van der Waals surface area contributed by atoms with Crippen molar-refractivity contribution in [3.05, 3.63) is 53.6 Å². The maximum atomic E-state index is 12.7. The molecule has 0 heterocycles. The smallest absolute Gasteiger partial charge is 0.416 e. The van der Waals surface area contributed by atoms with E-state index in [1.165, 1.54) is 13.2 Å². The monoisotopic (exact) mass is 311 g/mol. The molecule has 6 heteroatoms. The molecule has 0 atom stereocenters. The minimum atomic E-state index is -4.34. The first-order chi connectivity index (χ1) is 10.4. The second kappa shape index (κ2) is 6.60. The molecular formula is C16H16F3NO2. The topological polar surface area (TPSA) is 30.5 Å². The molecule has 0 saturated heterocycles. The lowest BCUT2D eigenvalue weighted by molar-refractivity contribution is -0.137. The van der Waals surface area contributed by atoms with E-state index in [1.54, 1.807) is 31.4 Å². The molecule has 0 radical (unpaired) electrons. The van der Waals surface area contributed by atoms with E-state index in [0.29, 0.717) is 22.7 Å². The highest BCUT2D eigenvalue weighted by Crippen LogP contribution is 2.31. The Morgan fingerprint density at radius 2 is 1.77 bits per heavy atom. The third-order valence-corrected chi connectivity index (χ3v) is 3.15. The average Bonchev–Trinajstić information content (AvgIpc) is 2.52. The number of nitrogens with one attached hydrogen (secondary N) is 1. The third-order valence-electron chi connectivity index (χ3n) is 3.15. The van der Waals surface area contributed by atoms with Gasteiger partial charge in [0.05, 0.1) is 25.5 Å². The SMILES string of the molecule is COc1ccc(NCc2cccc(C(F)(F)F)c2)c(OC)c1. The molecule has 0 amide bonds. The van der Waals surface area contributed by atoms with Crippen molar-refractivity contribution < 1.29 is 22.6 Å². The fourth-order valence-electron chi connectivity index (χ4n) is 2.00. The molecule has 0 spiro atoms. The number of hydrogen-bond donors (Lipinski definition) is 1. The molecule has 2 aromatic carbocycles. The van der Waals surface area contributed by atoms with Crippen LogP contribution in [0.25, 0.3) is 0 Å². The highest BCUT2D eigenvalue weighted by Gasteiger charge is 2.30. The molecule has 1 N–H and O–H groups in total. The zero-order valence-electron chi connectivity index (χ0n) is 12.2. The number of halogens is 3. The zero-order valence-corrected chi connectivity index (χ0v) is 12.2. The Bertz CT molecular complexity index is 642. The molecule has 0 bridgehead atoms. The Morgan fingerprint density at radius 3 is 2.41 bits per heavy atom. The van der Waals surface area contributed by atoms with Crippen LogP contribution in [0.5, 0.6) is 11.5 Å². The fourth-order valence-corrected chi connectivity index (χ4v) is 2.00. The van der Waals surface area contributed by atoms with Crippen molar-refractivity contribution in [1.82, 2.24) is 0 Å². The van der Waals surface area contributed by atoms with E-state index < -0.39 is 11.7 Å². The van der Waals surface area contributed by atoms with Crippen molar-refractivity contribution in [2.75, 3.05) is 19.5 Å². The molecule has 2 aromatic rings. The zero-order chi connectivity index (χ0) is 16.2. The maximum absolute atomic E-state index is 12.7. The van der Waals surface area contributed by atoms with Crippen LogP contribution in [-0.2, 0) is 12.7 Å². The minimum Gasteiger partial charge on any atom is -0.497 e. The van der Waals surface area contributed by atoms with Gasteiger partial charge in [-0.05, 0) is 29.8 Å². The first-order valence-corrected chi connectivity index (χ1v) is 6.56. The van der Waals surface area contributed by atoms with E-state index in [9.17, 15) is 13.2 Å². The van der Waals surface area contributed by atoms with Crippen LogP contribution in [0.4, 0.5) is 18.9 Å². The van der Waals surface area contributed by atoms with Crippen LogP contribution in [0.1, 0.15) is 11.1 Å². The van der Waals surface area contributed by atoms with Gasteiger partial charge in [-0.3, -0.25) is 0 Å². The van der Waals surface area contributed by atoms with Gasteiger partial charge in [0.25, 0.3) is 0 Å². The number of hydrogen-bond acceptors (Lipinski definition) is 3. The van der Waals surface area contributed by atoms with E-state index in [0.717, 1.165) is 12.1 Å². The third kappa shape index (κ3) is 3.84. The summed E-state index contributed by atoms with van der Waals surface area (Å²) in [4.78, 5) is 0. The summed E-state index contributed by atoms with van der Waals surface area (Å²) in [5, 5.41) is 3.06. The van der Waals surface area contributed by atoms with E-state index in [1.807, 2.05) is 0 Å². The lowest BCUT2D eigenvalue weighted by atomic mass is 10.1. The van der Waals surface area contributed by atoms with Gasteiger partial charge in [0.1, 0.15) is 11.5 Å². The highest BCUT2D eigenvalue weighted by atomic mass is 19.4. The highest BCUT2D eigenvalue weighted by molar-refractivity contribution is 5.59. The summed E-state index contributed by atoms with van der Waals surface area (Å²) < 4.78 is 48.4. The molecule has 118 valence electrons. The second-order valence-electron chi connectivity index (χ2n) is 4.62. The molecule has 0 aliphatic heterocycles. The minimum absolute atomic E-state index is 0.257. The predicted octanol–water partition coefficient (Wildman–Crippen LogP) is 4.33. The summed E-state index contributed by atoms with van der Waals surface area (Å²) in [6.45, 7) is 0.257. The van der Waals surface area contributed by atoms with Crippen molar-refractivity contribution in [1.29, 1.82) is 0 Å². The number of alkyl halides is 3. The number of anilines is 1. The Balaban J connectivity index is 2.13. The number of methoxy groups -OCH3 is 2. The van der Waals surface area contributed by atoms with E-state index in [2.05, 4.69) is 5.32 Å². The largest absolute Gasteiger partial charge is 0.497 e. The van der Waals surface area contributed by atoms with Gasteiger partial charge in [-0.2, -0.15) is 13.2 Å². The van der Waals surface area contributed by atoms with Gasteiger partial charge in [0.15, 0.2) is 0 Å². The molecule has 0 aromatic heterocycles. The lowest BCUT2D eigenvalue weighted by Gasteiger charge is -2.13. The van der Waals surface area contributed by atoms with Gasteiger partial charge in [-0.1, -0.05) is 12.1 Å².